The van der Waals surface area contributed by atoms with Gasteiger partial charge in [-0.1, -0.05) is 152 Å². The zero-order chi connectivity index (χ0) is 40.0. The van der Waals surface area contributed by atoms with E-state index in [4.69, 9.17) is 14.2 Å². The number of carboxylic acids is 1. The van der Waals surface area contributed by atoms with Crippen molar-refractivity contribution in [2.75, 3.05) is 41.0 Å². The van der Waals surface area contributed by atoms with Crippen molar-refractivity contribution in [2.45, 2.75) is 187 Å². The van der Waals surface area contributed by atoms with E-state index < -0.39 is 18.1 Å². The fourth-order valence-corrected chi connectivity index (χ4v) is 6.12. The fourth-order valence-electron chi connectivity index (χ4n) is 6.12. The molecule has 0 heterocycles. The number of carbonyl (C=O) groups excluding carboxylic acids is 3. The van der Waals surface area contributed by atoms with Gasteiger partial charge in [0.05, 0.1) is 40.3 Å². The van der Waals surface area contributed by atoms with Crippen LogP contribution in [0.5, 0.6) is 0 Å². The number of esters is 2. The zero-order valence-electron chi connectivity index (χ0n) is 35.4. The summed E-state index contributed by atoms with van der Waals surface area (Å²) >= 11 is 0. The summed E-state index contributed by atoms with van der Waals surface area (Å²) in [6.07, 6.45) is 42.9. The Morgan fingerprint density at radius 2 is 1.04 bits per heavy atom. The second kappa shape index (κ2) is 37.2. The van der Waals surface area contributed by atoms with E-state index in [1.54, 1.807) is 21.1 Å². The molecular weight excluding hydrogens is 679 g/mol. The number of carboxylic acid groups (broad SMARTS) is 1. The highest BCUT2D eigenvalue weighted by Crippen LogP contribution is 2.14. The lowest BCUT2D eigenvalue weighted by Crippen LogP contribution is -2.55. The van der Waals surface area contributed by atoms with Crippen LogP contribution < -0.4 is 5.11 Å². The third kappa shape index (κ3) is 35.0. The SMILES string of the molecule is CC/C=C/C/C=C/C/C=C/C/C=C/CCCCCCCCCCCC(=O)OCC(COCCC(C(=O)[O-])[N+](C)(C)C)OC(=O)CCCCCCCCCC. The van der Waals surface area contributed by atoms with Gasteiger partial charge in [0.25, 0.3) is 0 Å². The highest BCUT2D eigenvalue weighted by molar-refractivity contribution is 5.70. The van der Waals surface area contributed by atoms with Gasteiger partial charge >= 0.3 is 11.9 Å². The Balaban J connectivity index is 4.19. The number of aliphatic carboxylic acids is 1. The van der Waals surface area contributed by atoms with Gasteiger partial charge in [0, 0.05) is 19.3 Å². The van der Waals surface area contributed by atoms with Gasteiger partial charge in [-0.25, -0.2) is 0 Å². The maximum absolute atomic E-state index is 12.6. The van der Waals surface area contributed by atoms with Gasteiger partial charge in [-0.3, -0.25) is 9.59 Å². The number of quaternary nitrogens is 1. The number of unbranched alkanes of at least 4 members (excludes halogenated alkanes) is 16. The molecule has 0 saturated heterocycles. The molecule has 0 aliphatic heterocycles. The molecule has 0 bridgehead atoms. The molecule has 0 spiro atoms. The fraction of sp³-hybridized carbons (Fsp3) is 0.761. The molecule has 0 aromatic heterocycles. The summed E-state index contributed by atoms with van der Waals surface area (Å²) in [6, 6.07) is -0.724. The first-order valence-corrected chi connectivity index (χ1v) is 21.7. The lowest BCUT2D eigenvalue weighted by Gasteiger charge is -2.34. The Kier molecular flexibility index (Phi) is 35.4. The molecule has 8 heteroatoms. The van der Waals surface area contributed by atoms with Crippen molar-refractivity contribution in [2.24, 2.45) is 0 Å². The van der Waals surface area contributed by atoms with Crippen molar-refractivity contribution in [3.63, 3.8) is 0 Å². The van der Waals surface area contributed by atoms with Crippen molar-refractivity contribution < 1.29 is 38.2 Å². The monoisotopic (exact) mass is 760 g/mol. The van der Waals surface area contributed by atoms with E-state index in [2.05, 4.69) is 62.5 Å². The van der Waals surface area contributed by atoms with Crippen LogP contribution in [0.4, 0.5) is 0 Å². The van der Waals surface area contributed by atoms with Crippen LogP contribution in [0.1, 0.15) is 174 Å². The Hall–Kier alpha value is -2.71. The van der Waals surface area contributed by atoms with Crippen LogP contribution in [0.15, 0.2) is 48.6 Å². The maximum Gasteiger partial charge on any atom is 0.306 e. The molecule has 0 radical (unpaired) electrons. The zero-order valence-corrected chi connectivity index (χ0v) is 35.4. The van der Waals surface area contributed by atoms with Gasteiger partial charge in [-0.05, 0) is 51.4 Å². The van der Waals surface area contributed by atoms with E-state index in [9.17, 15) is 19.5 Å². The van der Waals surface area contributed by atoms with Gasteiger partial charge in [-0.2, -0.15) is 0 Å². The summed E-state index contributed by atoms with van der Waals surface area (Å²) < 4.78 is 17.1. The van der Waals surface area contributed by atoms with Crippen LogP contribution in [-0.2, 0) is 28.6 Å². The molecule has 2 unspecified atom stereocenters. The van der Waals surface area contributed by atoms with E-state index in [0.29, 0.717) is 12.8 Å². The van der Waals surface area contributed by atoms with Crippen molar-refractivity contribution >= 4 is 17.9 Å². The topological polar surface area (TPSA) is 102 Å². The third-order valence-corrected chi connectivity index (χ3v) is 9.48. The normalized spacial score (nSPS) is 13.4. The van der Waals surface area contributed by atoms with Gasteiger partial charge in [0.1, 0.15) is 12.6 Å². The summed E-state index contributed by atoms with van der Waals surface area (Å²) in [7, 11) is 5.40. The van der Waals surface area contributed by atoms with Crippen LogP contribution in [0.3, 0.4) is 0 Å². The van der Waals surface area contributed by atoms with E-state index >= 15 is 0 Å². The first-order valence-electron chi connectivity index (χ1n) is 21.7. The number of hydrogen-bond acceptors (Lipinski definition) is 7. The average Bonchev–Trinajstić information content (AvgIpc) is 3.12. The van der Waals surface area contributed by atoms with Gasteiger partial charge in [0.15, 0.2) is 6.10 Å². The van der Waals surface area contributed by atoms with Gasteiger partial charge in [-0.15, -0.1) is 0 Å². The molecule has 0 amide bonds. The molecule has 0 aromatic rings. The Labute approximate surface area is 331 Å². The summed E-state index contributed by atoms with van der Waals surface area (Å²) in [5.74, 6) is -1.75. The Morgan fingerprint density at radius 1 is 0.574 bits per heavy atom. The largest absolute Gasteiger partial charge is 0.544 e. The van der Waals surface area contributed by atoms with E-state index in [0.717, 1.165) is 70.6 Å². The molecule has 0 aliphatic carbocycles. The first-order chi connectivity index (χ1) is 26.1. The molecular formula is C46H81NO7. The lowest BCUT2D eigenvalue weighted by molar-refractivity contribution is -0.889. The molecule has 0 N–H and O–H groups in total. The molecule has 54 heavy (non-hydrogen) atoms. The van der Waals surface area contributed by atoms with Gasteiger partial charge < -0.3 is 28.6 Å². The first kappa shape index (κ1) is 51.3. The number of allylic oxidation sites excluding steroid dienone is 8. The van der Waals surface area contributed by atoms with Crippen LogP contribution >= 0.6 is 0 Å². The van der Waals surface area contributed by atoms with Crippen LogP contribution in [0, 0.1) is 0 Å². The Bertz CT molecular complexity index is 1030. The maximum atomic E-state index is 12.6. The molecule has 0 aliphatic rings. The third-order valence-electron chi connectivity index (χ3n) is 9.48. The van der Waals surface area contributed by atoms with E-state index in [1.165, 1.54) is 70.6 Å². The molecule has 2 atom stereocenters. The highest BCUT2D eigenvalue weighted by Gasteiger charge is 2.25. The number of nitrogens with zero attached hydrogens (tertiary/aromatic N) is 1. The quantitative estimate of drug-likeness (QED) is 0.0267. The smallest absolute Gasteiger partial charge is 0.306 e. The van der Waals surface area contributed by atoms with Crippen molar-refractivity contribution in [3.05, 3.63) is 48.6 Å². The molecule has 0 aromatic carbocycles. The average molecular weight is 760 g/mol. The van der Waals surface area contributed by atoms with Crippen molar-refractivity contribution in [1.82, 2.24) is 0 Å². The highest BCUT2D eigenvalue weighted by atomic mass is 16.6. The summed E-state index contributed by atoms with van der Waals surface area (Å²) in [5.41, 5.74) is 0. The summed E-state index contributed by atoms with van der Waals surface area (Å²) in [5, 5.41) is 11.6. The second-order valence-electron chi connectivity index (χ2n) is 15.6. The Morgan fingerprint density at radius 3 is 1.54 bits per heavy atom. The second-order valence-corrected chi connectivity index (χ2v) is 15.6. The minimum Gasteiger partial charge on any atom is -0.544 e. The van der Waals surface area contributed by atoms with E-state index in [-0.39, 0.29) is 42.7 Å². The predicted octanol–water partition coefficient (Wildman–Crippen LogP) is 10.3. The van der Waals surface area contributed by atoms with Crippen LogP contribution in [0.2, 0.25) is 0 Å². The standard InChI is InChI=1S/C46H81NO7/c1-6-8-10-12-14-16-17-18-19-20-21-22-23-24-25-26-27-28-29-31-32-34-36-44(48)53-41-42(40-52-39-38-43(46(50)51)47(3,4)5)54-45(49)37-35-33-30-15-13-11-9-7-2/h8,10,14,16,18-19,21-22,42-43H,6-7,9,11-13,15,17,20,23-41H2,1-5H3/b10-8+,16-14+,19-18+,22-21+. The minimum absolute atomic E-state index is 0.0395. The number of hydrogen-bond donors (Lipinski definition) is 0. The van der Waals surface area contributed by atoms with Crippen molar-refractivity contribution in [3.8, 4) is 0 Å². The number of rotatable bonds is 38. The van der Waals surface area contributed by atoms with Crippen LogP contribution in [0.25, 0.3) is 0 Å². The summed E-state index contributed by atoms with van der Waals surface area (Å²) in [6.45, 7) is 4.51. The van der Waals surface area contributed by atoms with Crippen LogP contribution in [-0.4, -0.2) is 75.5 Å². The lowest BCUT2D eigenvalue weighted by atomic mass is 10.1. The number of carbonyl (C=O) groups is 3. The van der Waals surface area contributed by atoms with Gasteiger partial charge in [0.2, 0.25) is 0 Å². The predicted molar refractivity (Wildman–Crippen MR) is 222 cm³/mol. The van der Waals surface area contributed by atoms with Crippen molar-refractivity contribution in [1.29, 1.82) is 0 Å². The molecule has 0 rings (SSSR count). The molecule has 8 nitrogen and oxygen atoms in total. The molecule has 0 fully saturated rings. The molecule has 0 saturated carbocycles. The number of likely N-dealkylation sites (N-methyl/N-ethyl adjacent to an activating group) is 1. The molecule has 312 valence electrons. The van der Waals surface area contributed by atoms with E-state index in [1.807, 2.05) is 0 Å². The summed E-state index contributed by atoms with van der Waals surface area (Å²) in [4.78, 5) is 36.7. The minimum atomic E-state index is -1.13. The number of ether oxygens (including phenoxy) is 3.